The third-order valence-electron chi connectivity index (χ3n) is 5.29. The van der Waals surface area contributed by atoms with E-state index in [2.05, 4.69) is 15.6 Å². The number of carbonyl (C=O) groups excluding carboxylic acids is 1. The largest absolute Gasteiger partial charge is 0.320 e. The number of para-hydroxylation sites is 2. The molecule has 156 valence electrons. The monoisotopic (exact) mass is 425 g/mol. The van der Waals surface area contributed by atoms with Crippen LogP contribution in [0.4, 0.5) is 5.69 Å². The van der Waals surface area contributed by atoms with Gasteiger partial charge in [0.25, 0.3) is 5.91 Å². The minimum atomic E-state index is -3.57. The number of benzene rings is 2. The Labute approximate surface area is 175 Å². The summed E-state index contributed by atoms with van der Waals surface area (Å²) >= 11 is 0. The highest BCUT2D eigenvalue weighted by Gasteiger charge is 2.30. The topological polar surface area (TPSA) is 97.2 Å². The number of piperidine rings is 1. The van der Waals surface area contributed by atoms with Gasteiger partial charge >= 0.3 is 0 Å². The molecule has 1 amide bonds. The van der Waals surface area contributed by atoms with Crippen molar-refractivity contribution in [1.29, 1.82) is 0 Å². The van der Waals surface area contributed by atoms with Gasteiger partial charge in [0.15, 0.2) is 0 Å². The number of anilines is 1. The van der Waals surface area contributed by atoms with E-state index in [0.29, 0.717) is 23.5 Å². The third-order valence-corrected chi connectivity index (χ3v) is 7.31. The number of amides is 1. The Kier molecular flexibility index (Phi) is 5.65. The van der Waals surface area contributed by atoms with Crippen LogP contribution in [0.5, 0.6) is 0 Å². The van der Waals surface area contributed by atoms with Crippen molar-refractivity contribution in [2.75, 3.05) is 11.9 Å². The summed E-state index contributed by atoms with van der Waals surface area (Å²) in [5.74, 6) is -0.335. The Morgan fingerprint density at radius 2 is 1.87 bits per heavy atom. The van der Waals surface area contributed by atoms with Crippen molar-refractivity contribution in [3.63, 3.8) is 0 Å². The number of carbonyl (C=O) groups is 1. The molecule has 2 aromatic carbocycles. The second-order valence-corrected chi connectivity index (χ2v) is 9.19. The third kappa shape index (κ3) is 3.99. The van der Waals surface area contributed by atoms with Gasteiger partial charge in [0.2, 0.25) is 10.0 Å². The SMILES string of the molecule is CC1CCCCN1S(=O)(=O)c1ccc(C(=O)Nc2ccccc2-n2ccnn2)cc1. The van der Waals surface area contributed by atoms with E-state index in [1.807, 2.05) is 25.1 Å². The maximum atomic E-state index is 13.0. The standard InChI is InChI=1S/C21H23N5O3S/c1-16-6-4-5-14-26(16)30(28,29)18-11-9-17(10-12-18)21(27)23-19-7-2-3-8-20(19)25-15-13-22-24-25/h2-3,7-13,15-16H,4-6,14H2,1H3,(H,23,27). The fourth-order valence-electron chi connectivity index (χ4n) is 3.65. The van der Waals surface area contributed by atoms with E-state index in [1.165, 1.54) is 24.3 Å². The van der Waals surface area contributed by atoms with Crippen LogP contribution >= 0.6 is 0 Å². The average molecular weight is 426 g/mol. The molecule has 1 saturated heterocycles. The summed E-state index contributed by atoms with van der Waals surface area (Å²) in [5.41, 5.74) is 1.63. The lowest BCUT2D eigenvalue weighted by Gasteiger charge is -2.32. The van der Waals surface area contributed by atoms with Crippen LogP contribution in [0.2, 0.25) is 0 Å². The first kappa shape index (κ1) is 20.2. The lowest BCUT2D eigenvalue weighted by atomic mass is 10.1. The molecule has 1 unspecified atom stereocenters. The van der Waals surface area contributed by atoms with Gasteiger partial charge in [-0.1, -0.05) is 23.8 Å². The molecular weight excluding hydrogens is 402 g/mol. The number of aromatic nitrogens is 3. The summed E-state index contributed by atoms with van der Waals surface area (Å²) in [5, 5.41) is 10.6. The minimum absolute atomic E-state index is 0.0139. The molecule has 1 aromatic heterocycles. The molecule has 1 fully saturated rings. The van der Waals surface area contributed by atoms with Gasteiger partial charge in [-0.3, -0.25) is 4.79 Å². The number of sulfonamides is 1. The highest BCUT2D eigenvalue weighted by atomic mass is 32.2. The zero-order valence-corrected chi connectivity index (χ0v) is 17.4. The molecule has 30 heavy (non-hydrogen) atoms. The van der Waals surface area contributed by atoms with Gasteiger partial charge in [0, 0.05) is 18.2 Å². The molecule has 1 N–H and O–H groups in total. The number of nitrogens with one attached hydrogen (secondary N) is 1. The van der Waals surface area contributed by atoms with E-state index in [-0.39, 0.29) is 16.8 Å². The van der Waals surface area contributed by atoms with Crippen molar-refractivity contribution in [3.05, 3.63) is 66.5 Å². The van der Waals surface area contributed by atoms with Crippen LogP contribution in [0, 0.1) is 0 Å². The quantitative estimate of drug-likeness (QED) is 0.678. The van der Waals surface area contributed by atoms with Crippen LogP contribution in [0.3, 0.4) is 0 Å². The van der Waals surface area contributed by atoms with Crippen molar-refractivity contribution in [1.82, 2.24) is 19.3 Å². The Hall–Kier alpha value is -3.04. The first-order chi connectivity index (χ1) is 14.5. The predicted octanol–water partition coefficient (Wildman–Crippen LogP) is 3.08. The second-order valence-electron chi connectivity index (χ2n) is 7.30. The highest BCUT2D eigenvalue weighted by molar-refractivity contribution is 7.89. The van der Waals surface area contributed by atoms with Crippen LogP contribution in [0.1, 0.15) is 36.5 Å². The highest BCUT2D eigenvalue weighted by Crippen LogP contribution is 2.25. The summed E-state index contributed by atoms with van der Waals surface area (Å²) in [6.45, 7) is 2.47. The summed E-state index contributed by atoms with van der Waals surface area (Å²) < 4.78 is 29.0. The average Bonchev–Trinajstić information content (AvgIpc) is 3.29. The van der Waals surface area contributed by atoms with Crippen LogP contribution in [-0.4, -0.2) is 46.2 Å². The maximum absolute atomic E-state index is 13.0. The summed E-state index contributed by atoms with van der Waals surface area (Å²) in [6.07, 6.45) is 6.02. The number of hydrogen-bond donors (Lipinski definition) is 1. The zero-order chi connectivity index (χ0) is 21.1. The first-order valence-electron chi connectivity index (χ1n) is 9.86. The van der Waals surface area contributed by atoms with Crippen molar-refractivity contribution < 1.29 is 13.2 Å². The minimum Gasteiger partial charge on any atom is -0.320 e. The molecular formula is C21H23N5O3S. The summed E-state index contributed by atoms with van der Waals surface area (Å²) in [7, 11) is -3.57. The number of nitrogens with zero attached hydrogens (tertiary/aromatic N) is 4. The van der Waals surface area contributed by atoms with Gasteiger partial charge < -0.3 is 5.32 Å². The normalized spacial score (nSPS) is 17.6. The summed E-state index contributed by atoms with van der Waals surface area (Å²) in [6, 6.07) is 13.3. The van der Waals surface area contributed by atoms with Crippen LogP contribution < -0.4 is 5.32 Å². The molecule has 9 heteroatoms. The number of hydrogen-bond acceptors (Lipinski definition) is 5. The molecule has 3 aromatic rings. The Morgan fingerprint density at radius 1 is 1.10 bits per heavy atom. The fraction of sp³-hybridized carbons (Fsp3) is 0.286. The van der Waals surface area contributed by atoms with Crippen molar-refractivity contribution in [2.45, 2.75) is 37.1 Å². The van der Waals surface area contributed by atoms with Gasteiger partial charge in [-0.05, 0) is 56.2 Å². The zero-order valence-electron chi connectivity index (χ0n) is 16.6. The second kappa shape index (κ2) is 8.37. The van der Waals surface area contributed by atoms with Crippen LogP contribution in [0.15, 0.2) is 65.8 Å². The fourth-order valence-corrected chi connectivity index (χ4v) is 5.35. The molecule has 1 atom stereocenters. The lowest BCUT2D eigenvalue weighted by molar-refractivity contribution is 0.102. The van der Waals surface area contributed by atoms with E-state index in [1.54, 1.807) is 27.4 Å². The molecule has 1 aliphatic rings. The van der Waals surface area contributed by atoms with E-state index in [0.717, 1.165) is 19.3 Å². The molecule has 0 bridgehead atoms. The van der Waals surface area contributed by atoms with Gasteiger partial charge in [0.05, 0.1) is 28.7 Å². The molecule has 1 aliphatic heterocycles. The van der Waals surface area contributed by atoms with Crippen molar-refractivity contribution in [3.8, 4) is 5.69 Å². The summed E-state index contributed by atoms with van der Waals surface area (Å²) in [4.78, 5) is 12.9. The van der Waals surface area contributed by atoms with Crippen molar-refractivity contribution in [2.24, 2.45) is 0 Å². The van der Waals surface area contributed by atoms with E-state index in [9.17, 15) is 13.2 Å². The van der Waals surface area contributed by atoms with Crippen molar-refractivity contribution >= 4 is 21.6 Å². The predicted molar refractivity (Wildman–Crippen MR) is 113 cm³/mol. The molecule has 8 nitrogen and oxygen atoms in total. The van der Waals surface area contributed by atoms with E-state index < -0.39 is 10.0 Å². The molecule has 0 aliphatic carbocycles. The molecule has 0 radical (unpaired) electrons. The Morgan fingerprint density at radius 3 is 2.57 bits per heavy atom. The molecule has 2 heterocycles. The van der Waals surface area contributed by atoms with E-state index >= 15 is 0 Å². The smallest absolute Gasteiger partial charge is 0.255 e. The van der Waals surface area contributed by atoms with Gasteiger partial charge in [-0.15, -0.1) is 5.10 Å². The lowest BCUT2D eigenvalue weighted by Crippen LogP contribution is -2.41. The van der Waals surface area contributed by atoms with Gasteiger partial charge in [-0.25, -0.2) is 13.1 Å². The molecule has 0 spiro atoms. The Balaban J connectivity index is 1.53. The maximum Gasteiger partial charge on any atom is 0.255 e. The van der Waals surface area contributed by atoms with Crippen LogP contribution in [-0.2, 0) is 10.0 Å². The molecule has 0 saturated carbocycles. The molecule has 4 rings (SSSR count). The van der Waals surface area contributed by atoms with Gasteiger partial charge in [-0.2, -0.15) is 4.31 Å². The van der Waals surface area contributed by atoms with E-state index in [4.69, 9.17) is 0 Å². The Bertz CT molecular complexity index is 1130. The van der Waals surface area contributed by atoms with Gasteiger partial charge in [0.1, 0.15) is 0 Å². The first-order valence-corrected chi connectivity index (χ1v) is 11.3. The van der Waals surface area contributed by atoms with Crippen LogP contribution in [0.25, 0.3) is 5.69 Å². The number of rotatable bonds is 5.